The van der Waals surface area contributed by atoms with Gasteiger partial charge in [-0.1, -0.05) is 11.6 Å². The highest BCUT2D eigenvalue weighted by Crippen LogP contribution is 2.25. The molecule has 20 heavy (non-hydrogen) atoms. The molecule has 102 valence electrons. The standard InChI is InChI=1S/C13H13ClN6/c1-6-5-10(8(3)17-16-6)12-18-19-13-11(14)15-7(2)9(4)20(12)13/h5H,1-4H3. The van der Waals surface area contributed by atoms with E-state index in [9.17, 15) is 0 Å². The first-order valence-corrected chi connectivity index (χ1v) is 6.56. The minimum Gasteiger partial charge on any atom is -0.275 e. The Bertz CT molecular complexity index is 823. The summed E-state index contributed by atoms with van der Waals surface area (Å²) in [4.78, 5) is 4.26. The molecular formula is C13H13ClN6. The van der Waals surface area contributed by atoms with Gasteiger partial charge in [0.15, 0.2) is 16.6 Å². The molecule has 0 unspecified atom stereocenters. The molecule has 0 saturated heterocycles. The molecule has 0 atom stereocenters. The predicted molar refractivity (Wildman–Crippen MR) is 75.8 cm³/mol. The molecule has 0 aliphatic rings. The lowest BCUT2D eigenvalue weighted by Crippen LogP contribution is -2.03. The monoisotopic (exact) mass is 288 g/mol. The van der Waals surface area contributed by atoms with E-state index in [1.54, 1.807) is 0 Å². The molecule has 0 bridgehead atoms. The molecule has 3 rings (SSSR count). The molecule has 0 spiro atoms. The maximum Gasteiger partial charge on any atom is 0.199 e. The first kappa shape index (κ1) is 12.9. The van der Waals surface area contributed by atoms with E-state index in [-0.39, 0.29) is 0 Å². The molecule has 0 amide bonds. The minimum atomic E-state index is 0.350. The summed E-state index contributed by atoms with van der Waals surface area (Å²) in [6.07, 6.45) is 0. The Morgan fingerprint density at radius 1 is 0.950 bits per heavy atom. The largest absolute Gasteiger partial charge is 0.275 e. The van der Waals surface area contributed by atoms with Gasteiger partial charge in [-0.25, -0.2) is 4.98 Å². The van der Waals surface area contributed by atoms with Crippen molar-refractivity contribution in [1.29, 1.82) is 0 Å². The third-order valence-electron chi connectivity index (χ3n) is 3.31. The van der Waals surface area contributed by atoms with Gasteiger partial charge in [0.25, 0.3) is 0 Å². The third kappa shape index (κ3) is 1.84. The van der Waals surface area contributed by atoms with Crippen molar-refractivity contribution >= 4 is 17.2 Å². The van der Waals surface area contributed by atoms with Gasteiger partial charge < -0.3 is 0 Å². The smallest absolute Gasteiger partial charge is 0.199 e. The summed E-state index contributed by atoms with van der Waals surface area (Å²) >= 11 is 6.14. The predicted octanol–water partition coefficient (Wildman–Crippen LogP) is 2.47. The fourth-order valence-corrected chi connectivity index (χ4v) is 2.38. The molecule has 7 heteroatoms. The van der Waals surface area contributed by atoms with Gasteiger partial charge in [-0.2, -0.15) is 10.2 Å². The zero-order valence-electron chi connectivity index (χ0n) is 11.6. The number of aryl methyl sites for hydroxylation is 4. The SMILES string of the molecule is Cc1cc(-c2nnc3c(Cl)nc(C)c(C)n23)c(C)nn1. The summed E-state index contributed by atoms with van der Waals surface area (Å²) in [6, 6.07) is 1.95. The van der Waals surface area contributed by atoms with Gasteiger partial charge in [0.2, 0.25) is 0 Å². The van der Waals surface area contributed by atoms with Crippen molar-refractivity contribution in [3.8, 4) is 11.4 Å². The highest BCUT2D eigenvalue weighted by Gasteiger charge is 2.17. The fourth-order valence-electron chi connectivity index (χ4n) is 2.13. The van der Waals surface area contributed by atoms with Crippen LogP contribution in [-0.2, 0) is 0 Å². The molecule has 6 nitrogen and oxygen atoms in total. The summed E-state index contributed by atoms with van der Waals surface area (Å²) < 4.78 is 1.91. The summed E-state index contributed by atoms with van der Waals surface area (Å²) in [6.45, 7) is 7.67. The van der Waals surface area contributed by atoms with Gasteiger partial charge in [0.1, 0.15) is 0 Å². The topological polar surface area (TPSA) is 68.9 Å². The first-order valence-electron chi connectivity index (χ1n) is 6.18. The Balaban J connectivity index is 2.41. The normalized spacial score (nSPS) is 11.2. The van der Waals surface area contributed by atoms with Gasteiger partial charge in [-0.15, -0.1) is 10.2 Å². The number of hydrogen-bond acceptors (Lipinski definition) is 5. The quantitative estimate of drug-likeness (QED) is 0.688. The Morgan fingerprint density at radius 2 is 1.70 bits per heavy atom. The van der Waals surface area contributed by atoms with Gasteiger partial charge in [-0.05, 0) is 33.8 Å². The minimum absolute atomic E-state index is 0.350. The van der Waals surface area contributed by atoms with Crippen LogP contribution in [0.2, 0.25) is 5.15 Å². The zero-order chi connectivity index (χ0) is 14.4. The summed E-state index contributed by atoms with van der Waals surface area (Å²) in [5.41, 5.74) is 4.89. The lowest BCUT2D eigenvalue weighted by atomic mass is 10.2. The van der Waals surface area contributed by atoms with Gasteiger partial charge in [0.05, 0.1) is 17.1 Å². The van der Waals surface area contributed by atoms with Crippen LogP contribution in [0.1, 0.15) is 22.8 Å². The van der Waals surface area contributed by atoms with E-state index in [1.807, 2.05) is 38.2 Å². The van der Waals surface area contributed by atoms with Crippen LogP contribution in [0.3, 0.4) is 0 Å². The molecule has 3 heterocycles. The molecule has 0 N–H and O–H groups in total. The number of aromatic nitrogens is 6. The fraction of sp³-hybridized carbons (Fsp3) is 0.308. The van der Waals surface area contributed by atoms with E-state index in [0.717, 1.165) is 28.3 Å². The van der Waals surface area contributed by atoms with Crippen LogP contribution in [0.4, 0.5) is 0 Å². The second-order valence-corrected chi connectivity index (χ2v) is 5.10. The maximum absolute atomic E-state index is 6.14. The van der Waals surface area contributed by atoms with Crippen molar-refractivity contribution in [2.75, 3.05) is 0 Å². The first-order chi connectivity index (χ1) is 9.49. The summed E-state index contributed by atoms with van der Waals surface area (Å²) in [7, 11) is 0. The average molecular weight is 289 g/mol. The van der Waals surface area contributed by atoms with E-state index < -0.39 is 0 Å². The van der Waals surface area contributed by atoms with Crippen molar-refractivity contribution in [2.45, 2.75) is 27.7 Å². The number of fused-ring (bicyclic) bond motifs is 1. The van der Waals surface area contributed by atoms with Crippen LogP contribution in [0.5, 0.6) is 0 Å². The zero-order valence-corrected chi connectivity index (χ0v) is 12.4. The molecule has 0 saturated carbocycles. The molecule has 0 aliphatic carbocycles. The van der Waals surface area contributed by atoms with E-state index in [0.29, 0.717) is 16.6 Å². The van der Waals surface area contributed by atoms with E-state index in [1.165, 1.54) is 0 Å². The van der Waals surface area contributed by atoms with Crippen molar-refractivity contribution in [3.63, 3.8) is 0 Å². The second kappa shape index (κ2) is 4.49. The van der Waals surface area contributed by atoms with Gasteiger partial charge >= 0.3 is 0 Å². The van der Waals surface area contributed by atoms with Gasteiger partial charge in [-0.3, -0.25) is 4.40 Å². The molecular weight excluding hydrogens is 276 g/mol. The van der Waals surface area contributed by atoms with E-state index in [4.69, 9.17) is 11.6 Å². The third-order valence-corrected chi connectivity index (χ3v) is 3.57. The average Bonchev–Trinajstić information content (AvgIpc) is 2.84. The van der Waals surface area contributed by atoms with Crippen LogP contribution in [0.15, 0.2) is 6.07 Å². The van der Waals surface area contributed by atoms with Crippen molar-refractivity contribution in [2.24, 2.45) is 0 Å². The Kier molecular flexibility index (Phi) is 2.90. The van der Waals surface area contributed by atoms with Crippen LogP contribution in [0, 0.1) is 27.7 Å². The van der Waals surface area contributed by atoms with Crippen LogP contribution in [-0.4, -0.2) is 29.8 Å². The highest BCUT2D eigenvalue weighted by atomic mass is 35.5. The highest BCUT2D eigenvalue weighted by molar-refractivity contribution is 6.32. The van der Waals surface area contributed by atoms with Crippen molar-refractivity contribution < 1.29 is 0 Å². The number of halogens is 1. The molecule has 0 fully saturated rings. The lowest BCUT2D eigenvalue weighted by Gasteiger charge is -2.08. The Morgan fingerprint density at radius 3 is 2.45 bits per heavy atom. The summed E-state index contributed by atoms with van der Waals surface area (Å²) in [5, 5.41) is 16.9. The number of nitrogens with zero attached hydrogens (tertiary/aromatic N) is 6. The molecule has 3 aromatic heterocycles. The van der Waals surface area contributed by atoms with E-state index in [2.05, 4.69) is 25.4 Å². The van der Waals surface area contributed by atoms with Crippen LogP contribution in [0.25, 0.3) is 17.0 Å². The Labute approximate surface area is 120 Å². The molecule has 3 aromatic rings. The van der Waals surface area contributed by atoms with Crippen molar-refractivity contribution in [3.05, 3.63) is 34.0 Å². The molecule has 0 aliphatic heterocycles. The van der Waals surface area contributed by atoms with Crippen LogP contribution >= 0.6 is 11.6 Å². The van der Waals surface area contributed by atoms with E-state index >= 15 is 0 Å². The van der Waals surface area contributed by atoms with Crippen LogP contribution < -0.4 is 0 Å². The van der Waals surface area contributed by atoms with Crippen molar-refractivity contribution in [1.82, 2.24) is 29.8 Å². The molecule has 0 radical (unpaired) electrons. The lowest BCUT2D eigenvalue weighted by molar-refractivity contribution is 0.930. The summed E-state index contributed by atoms with van der Waals surface area (Å²) in [5.74, 6) is 0.709. The number of rotatable bonds is 1. The number of hydrogen-bond donors (Lipinski definition) is 0. The van der Waals surface area contributed by atoms with Gasteiger partial charge in [0, 0.05) is 11.3 Å². The molecule has 0 aromatic carbocycles. The maximum atomic E-state index is 6.14. The second-order valence-electron chi connectivity index (χ2n) is 4.74. The Hall–Kier alpha value is -2.08.